The normalized spacial score (nSPS) is 21.5. The monoisotopic (exact) mass is 333 g/mol. The summed E-state index contributed by atoms with van der Waals surface area (Å²) in [5.74, 6) is 0.839. The van der Waals surface area contributed by atoms with Gasteiger partial charge in [-0.1, -0.05) is 12.5 Å². The molecule has 3 rings (SSSR count). The predicted molar refractivity (Wildman–Crippen MR) is 96.8 cm³/mol. The molecule has 2 N–H and O–H groups in total. The molecule has 0 aromatic heterocycles. The first kappa shape index (κ1) is 17.5. The molecule has 2 aliphatic heterocycles. The molecule has 1 aromatic rings. The second-order valence-corrected chi connectivity index (χ2v) is 6.82. The molecule has 0 aliphatic carbocycles. The maximum Gasteiger partial charge on any atom is 0.161 e. The number of hydrogen-bond donors (Lipinski definition) is 2. The van der Waals surface area contributed by atoms with Crippen LogP contribution in [0, 0.1) is 0 Å². The van der Waals surface area contributed by atoms with Crippen molar-refractivity contribution in [1.82, 2.24) is 15.1 Å². The fourth-order valence-electron chi connectivity index (χ4n) is 3.82. The van der Waals surface area contributed by atoms with Crippen molar-refractivity contribution in [2.24, 2.45) is 0 Å². The van der Waals surface area contributed by atoms with Crippen LogP contribution in [-0.2, 0) is 0 Å². The molecule has 134 valence electrons. The molecule has 0 amide bonds. The highest BCUT2D eigenvalue weighted by Gasteiger charge is 2.26. The first-order valence-corrected chi connectivity index (χ1v) is 9.40. The molecule has 5 heteroatoms. The number of hydrogen-bond acceptors (Lipinski definition) is 5. The number of nitrogens with zero attached hydrogens (tertiary/aromatic N) is 2. The van der Waals surface area contributed by atoms with Crippen LogP contribution < -0.4 is 10.1 Å². The van der Waals surface area contributed by atoms with E-state index in [1.54, 1.807) is 6.07 Å². The SMILES string of the molecule is CCOc1cc(C(CN2CCCCC2)N2CCNCC2)ccc1O. The maximum atomic E-state index is 10.0. The van der Waals surface area contributed by atoms with Gasteiger partial charge < -0.3 is 20.1 Å². The zero-order valence-corrected chi connectivity index (χ0v) is 14.8. The minimum Gasteiger partial charge on any atom is -0.504 e. The number of piperidine rings is 1. The van der Waals surface area contributed by atoms with Crippen molar-refractivity contribution in [2.45, 2.75) is 32.2 Å². The van der Waals surface area contributed by atoms with Gasteiger partial charge in [0.05, 0.1) is 6.61 Å². The van der Waals surface area contributed by atoms with Crippen LogP contribution in [0.1, 0.15) is 37.8 Å². The van der Waals surface area contributed by atoms with Crippen LogP contribution in [0.25, 0.3) is 0 Å². The number of rotatable bonds is 6. The number of nitrogens with one attached hydrogen (secondary N) is 1. The molecular weight excluding hydrogens is 302 g/mol. The summed E-state index contributed by atoms with van der Waals surface area (Å²) in [4.78, 5) is 5.18. The van der Waals surface area contributed by atoms with Crippen molar-refractivity contribution in [3.8, 4) is 11.5 Å². The summed E-state index contributed by atoms with van der Waals surface area (Å²) in [6.45, 7) is 10.2. The molecule has 1 atom stereocenters. The maximum absolute atomic E-state index is 10.0. The van der Waals surface area contributed by atoms with E-state index in [9.17, 15) is 5.11 Å². The lowest BCUT2D eigenvalue weighted by Crippen LogP contribution is -2.48. The molecule has 5 nitrogen and oxygen atoms in total. The van der Waals surface area contributed by atoms with E-state index in [-0.39, 0.29) is 5.75 Å². The molecule has 0 bridgehead atoms. The van der Waals surface area contributed by atoms with Gasteiger partial charge in [0.25, 0.3) is 0 Å². The van der Waals surface area contributed by atoms with Gasteiger partial charge in [0.15, 0.2) is 11.5 Å². The van der Waals surface area contributed by atoms with Crippen LogP contribution in [0.2, 0.25) is 0 Å². The standard InChI is InChI=1S/C19H31N3O2/c1-2-24-19-14-16(6-7-18(19)23)17(22-12-8-20-9-13-22)15-21-10-4-3-5-11-21/h6-7,14,17,20,23H,2-5,8-13,15H2,1H3. The third-order valence-corrected chi connectivity index (χ3v) is 5.14. The van der Waals surface area contributed by atoms with Gasteiger partial charge >= 0.3 is 0 Å². The van der Waals surface area contributed by atoms with Crippen LogP contribution in [0.5, 0.6) is 11.5 Å². The molecule has 0 spiro atoms. The summed E-state index contributed by atoms with van der Waals surface area (Å²) in [5, 5.41) is 13.5. The molecule has 1 unspecified atom stereocenters. The number of benzene rings is 1. The lowest BCUT2D eigenvalue weighted by molar-refractivity contribution is 0.113. The Bertz CT molecular complexity index is 511. The zero-order chi connectivity index (χ0) is 16.8. The van der Waals surface area contributed by atoms with Crippen LogP contribution in [0.4, 0.5) is 0 Å². The van der Waals surface area contributed by atoms with E-state index in [1.165, 1.54) is 37.9 Å². The summed E-state index contributed by atoms with van der Waals surface area (Å²) >= 11 is 0. The summed E-state index contributed by atoms with van der Waals surface area (Å²) < 4.78 is 5.61. The number of likely N-dealkylation sites (tertiary alicyclic amines) is 1. The minimum atomic E-state index is 0.234. The van der Waals surface area contributed by atoms with Gasteiger partial charge in [0, 0.05) is 38.8 Å². The highest BCUT2D eigenvalue weighted by molar-refractivity contribution is 5.43. The van der Waals surface area contributed by atoms with Gasteiger partial charge in [-0.05, 0) is 50.6 Å². The summed E-state index contributed by atoms with van der Waals surface area (Å²) in [6, 6.07) is 6.25. The van der Waals surface area contributed by atoms with E-state index in [1.807, 2.05) is 13.0 Å². The van der Waals surface area contributed by atoms with Crippen molar-refractivity contribution in [3.05, 3.63) is 23.8 Å². The number of ether oxygens (including phenoxy) is 1. The molecule has 2 heterocycles. The molecule has 24 heavy (non-hydrogen) atoms. The van der Waals surface area contributed by atoms with Gasteiger partial charge in [-0.25, -0.2) is 0 Å². The largest absolute Gasteiger partial charge is 0.504 e. The van der Waals surface area contributed by atoms with E-state index in [0.717, 1.165) is 32.7 Å². The smallest absolute Gasteiger partial charge is 0.161 e. The fourth-order valence-corrected chi connectivity index (χ4v) is 3.82. The summed E-state index contributed by atoms with van der Waals surface area (Å²) in [7, 11) is 0. The Kier molecular flexibility index (Phi) is 6.35. The lowest BCUT2D eigenvalue weighted by atomic mass is 10.0. The number of piperazine rings is 1. The zero-order valence-electron chi connectivity index (χ0n) is 14.8. The van der Waals surface area contributed by atoms with Crippen molar-refractivity contribution in [3.63, 3.8) is 0 Å². The third kappa shape index (κ3) is 4.41. The number of aromatic hydroxyl groups is 1. The first-order chi connectivity index (χ1) is 11.8. The second kappa shape index (κ2) is 8.70. The third-order valence-electron chi connectivity index (χ3n) is 5.14. The Morgan fingerprint density at radius 1 is 1.12 bits per heavy atom. The van der Waals surface area contributed by atoms with Gasteiger partial charge in [-0.15, -0.1) is 0 Å². The molecule has 1 aromatic carbocycles. The van der Waals surface area contributed by atoms with Crippen molar-refractivity contribution >= 4 is 0 Å². The second-order valence-electron chi connectivity index (χ2n) is 6.82. The molecule has 2 fully saturated rings. The van der Waals surface area contributed by atoms with E-state index in [0.29, 0.717) is 18.4 Å². The average molecular weight is 333 g/mol. The van der Waals surface area contributed by atoms with E-state index in [4.69, 9.17) is 4.74 Å². The molecule has 2 aliphatic rings. The molecular formula is C19H31N3O2. The van der Waals surface area contributed by atoms with Crippen molar-refractivity contribution in [1.29, 1.82) is 0 Å². The number of phenols is 1. The van der Waals surface area contributed by atoms with E-state index < -0.39 is 0 Å². The topological polar surface area (TPSA) is 48.0 Å². The Balaban J connectivity index is 1.80. The van der Waals surface area contributed by atoms with Crippen molar-refractivity contribution in [2.75, 3.05) is 52.4 Å². The van der Waals surface area contributed by atoms with Crippen LogP contribution in [0.15, 0.2) is 18.2 Å². The fraction of sp³-hybridized carbons (Fsp3) is 0.684. The van der Waals surface area contributed by atoms with Crippen molar-refractivity contribution < 1.29 is 9.84 Å². The van der Waals surface area contributed by atoms with Gasteiger partial charge in [-0.2, -0.15) is 0 Å². The minimum absolute atomic E-state index is 0.234. The Morgan fingerprint density at radius 2 is 1.88 bits per heavy atom. The highest BCUT2D eigenvalue weighted by atomic mass is 16.5. The van der Waals surface area contributed by atoms with Crippen LogP contribution in [0.3, 0.4) is 0 Å². The lowest BCUT2D eigenvalue weighted by Gasteiger charge is -2.39. The average Bonchev–Trinajstić information content (AvgIpc) is 2.63. The van der Waals surface area contributed by atoms with E-state index >= 15 is 0 Å². The van der Waals surface area contributed by atoms with Gasteiger partial charge in [0.2, 0.25) is 0 Å². The Labute approximate surface area is 145 Å². The highest BCUT2D eigenvalue weighted by Crippen LogP contribution is 2.32. The quantitative estimate of drug-likeness (QED) is 0.836. The van der Waals surface area contributed by atoms with E-state index in [2.05, 4.69) is 21.2 Å². The molecule has 0 radical (unpaired) electrons. The first-order valence-electron chi connectivity index (χ1n) is 9.40. The molecule has 2 saturated heterocycles. The van der Waals surface area contributed by atoms with Crippen LogP contribution >= 0.6 is 0 Å². The summed E-state index contributed by atoms with van der Waals surface area (Å²) in [6.07, 6.45) is 3.99. The number of phenolic OH excluding ortho intramolecular Hbond substituents is 1. The predicted octanol–water partition coefficient (Wildman–Crippen LogP) is 2.22. The van der Waals surface area contributed by atoms with Crippen LogP contribution in [-0.4, -0.2) is 67.3 Å². The summed E-state index contributed by atoms with van der Waals surface area (Å²) in [5.41, 5.74) is 1.25. The van der Waals surface area contributed by atoms with Gasteiger partial charge in [-0.3, -0.25) is 4.90 Å². The van der Waals surface area contributed by atoms with Gasteiger partial charge in [0.1, 0.15) is 0 Å². The molecule has 0 saturated carbocycles. The Hall–Kier alpha value is -1.30. The Morgan fingerprint density at radius 3 is 2.58 bits per heavy atom.